The summed E-state index contributed by atoms with van der Waals surface area (Å²) in [6, 6.07) is 2.95. The van der Waals surface area contributed by atoms with Gasteiger partial charge in [0, 0.05) is 16.9 Å². The number of nitrogens with two attached hydrogens (primary N) is 1. The Hall–Kier alpha value is -2.00. The minimum Gasteiger partial charge on any atom is -0.382 e. The van der Waals surface area contributed by atoms with Gasteiger partial charge in [0.05, 0.1) is 12.3 Å². The van der Waals surface area contributed by atoms with Gasteiger partial charge in [0.15, 0.2) is 0 Å². The molecule has 124 valence electrons. The molecule has 0 saturated heterocycles. The van der Waals surface area contributed by atoms with Gasteiger partial charge in [0.1, 0.15) is 29.9 Å². The highest BCUT2D eigenvalue weighted by molar-refractivity contribution is 8.00. The van der Waals surface area contributed by atoms with Gasteiger partial charge in [0.25, 0.3) is 0 Å². The first-order chi connectivity index (χ1) is 10.8. The predicted octanol–water partition coefficient (Wildman–Crippen LogP) is 1.05. The first kappa shape index (κ1) is 17.4. The number of amides is 1. The lowest BCUT2D eigenvalue weighted by Gasteiger charge is -2.34. The minimum absolute atomic E-state index is 0.0380. The van der Waals surface area contributed by atoms with Crippen molar-refractivity contribution >= 4 is 17.7 Å². The summed E-state index contributed by atoms with van der Waals surface area (Å²) in [7, 11) is 0. The Bertz CT molecular complexity index is 683. The Kier molecular flexibility index (Phi) is 5.32. The van der Waals surface area contributed by atoms with Crippen LogP contribution in [0.4, 0.5) is 8.78 Å². The summed E-state index contributed by atoms with van der Waals surface area (Å²) in [5, 5.41) is 14.4. The van der Waals surface area contributed by atoms with Crippen LogP contribution in [0.2, 0.25) is 0 Å². The number of nitrogens with zero attached hydrogens (tertiary/aromatic N) is 3. The highest BCUT2D eigenvalue weighted by Crippen LogP contribution is 2.36. The zero-order valence-corrected chi connectivity index (χ0v) is 13.1. The van der Waals surface area contributed by atoms with Gasteiger partial charge in [-0.15, -0.1) is 11.8 Å². The minimum atomic E-state index is -1.73. The summed E-state index contributed by atoms with van der Waals surface area (Å²) < 4.78 is 28.7. The topological polar surface area (TPSA) is 94.0 Å². The van der Waals surface area contributed by atoms with E-state index >= 15 is 0 Å². The van der Waals surface area contributed by atoms with E-state index in [1.807, 2.05) is 0 Å². The van der Waals surface area contributed by atoms with E-state index in [-0.39, 0.29) is 17.9 Å². The van der Waals surface area contributed by atoms with Crippen LogP contribution in [0, 0.1) is 11.6 Å². The molecule has 0 bridgehead atoms. The fourth-order valence-electron chi connectivity index (χ4n) is 2.18. The Labute approximate surface area is 135 Å². The maximum Gasteiger partial charge on any atom is 0.227 e. The van der Waals surface area contributed by atoms with Crippen molar-refractivity contribution in [2.75, 3.05) is 5.75 Å². The maximum absolute atomic E-state index is 14.2. The van der Waals surface area contributed by atoms with Crippen LogP contribution in [0.15, 0.2) is 30.9 Å². The molecule has 0 aliphatic heterocycles. The van der Waals surface area contributed by atoms with Crippen LogP contribution in [-0.2, 0) is 16.9 Å². The molecule has 6 nitrogen and oxygen atoms in total. The lowest BCUT2D eigenvalue weighted by molar-refractivity contribution is -0.115. The van der Waals surface area contributed by atoms with Crippen molar-refractivity contribution in [3.05, 3.63) is 48.1 Å². The van der Waals surface area contributed by atoms with E-state index < -0.39 is 28.4 Å². The third-order valence-electron chi connectivity index (χ3n) is 3.42. The summed E-state index contributed by atoms with van der Waals surface area (Å²) in [6.45, 7) is 1.52. The molecule has 0 spiro atoms. The molecular weight excluding hydrogens is 326 g/mol. The maximum atomic E-state index is 14.2. The number of primary amides is 1. The molecule has 1 heterocycles. The normalized spacial score (nSPS) is 15.1. The van der Waals surface area contributed by atoms with E-state index in [4.69, 9.17) is 5.73 Å². The van der Waals surface area contributed by atoms with E-state index in [9.17, 15) is 18.7 Å². The average molecular weight is 342 g/mol. The van der Waals surface area contributed by atoms with E-state index in [2.05, 4.69) is 10.1 Å². The summed E-state index contributed by atoms with van der Waals surface area (Å²) in [4.78, 5) is 14.7. The molecule has 2 aromatic rings. The molecule has 0 fully saturated rings. The molecule has 0 radical (unpaired) electrons. The summed E-state index contributed by atoms with van der Waals surface area (Å²) >= 11 is 1.07. The van der Waals surface area contributed by atoms with Crippen LogP contribution in [0.25, 0.3) is 0 Å². The Balaban J connectivity index is 2.38. The molecule has 1 aromatic heterocycles. The van der Waals surface area contributed by atoms with Crippen LogP contribution in [0.3, 0.4) is 0 Å². The summed E-state index contributed by atoms with van der Waals surface area (Å²) in [6.07, 6.45) is 2.65. The van der Waals surface area contributed by atoms with Crippen molar-refractivity contribution in [1.82, 2.24) is 14.8 Å². The highest BCUT2D eigenvalue weighted by atomic mass is 32.2. The van der Waals surface area contributed by atoms with Crippen LogP contribution >= 0.6 is 11.8 Å². The molecule has 0 aliphatic rings. The number of carbonyl (C=O) groups excluding carboxylic acids is 1. The molecule has 1 aromatic carbocycles. The number of aromatic nitrogens is 3. The first-order valence-corrected chi connectivity index (χ1v) is 7.78. The van der Waals surface area contributed by atoms with Crippen molar-refractivity contribution in [2.45, 2.75) is 24.3 Å². The van der Waals surface area contributed by atoms with Gasteiger partial charge in [-0.1, -0.05) is 13.0 Å². The number of rotatable bonds is 7. The lowest BCUT2D eigenvalue weighted by atomic mass is 9.90. The summed E-state index contributed by atoms with van der Waals surface area (Å²) in [5.74, 6) is -2.21. The quantitative estimate of drug-likeness (QED) is 0.784. The van der Waals surface area contributed by atoms with Gasteiger partial charge < -0.3 is 10.8 Å². The predicted molar refractivity (Wildman–Crippen MR) is 81.4 cm³/mol. The molecule has 2 rings (SSSR count). The molecule has 23 heavy (non-hydrogen) atoms. The van der Waals surface area contributed by atoms with E-state index in [1.54, 1.807) is 6.92 Å². The Morgan fingerprint density at radius 1 is 1.52 bits per heavy atom. The highest BCUT2D eigenvalue weighted by Gasteiger charge is 2.39. The second-order valence-corrected chi connectivity index (χ2v) is 6.39. The second kappa shape index (κ2) is 7.05. The van der Waals surface area contributed by atoms with Crippen molar-refractivity contribution in [3.8, 4) is 0 Å². The number of benzene rings is 1. The molecule has 0 aliphatic carbocycles. The molecule has 2 atom stereocenters. The number of thioether (sulfide) groups is 1. The molecule has 3 N–H and O–H groups in total. The van der Waals surface area contributed by atoms with Crippen LogP contribution in [-0.4, -0.2) is 36.8 Å². The summed E-state index contributed by atoms with van der Waals surface area (Å²) in [5.41, 5.74) is 3.30. The number of hydrogen-bond acceptors (Lipinski definition) is 5. The van der Waals surface area contributed by atoms with Crippen molar-refractivity contribution < 1.29 is 18.7 Å². The Morgan fingerprint density at radius 2 is 2.26 bits per heavy atom. The number of hydrogen-bond donors (Lipinski definition) is 2. The third kappa shape index (κ3) is 4.05. The number of halogens is 2. The molecule has 0 saturated carbocycles. The molecular formula is C14H16F2N4O2S. The van der Waals surface area contributed by atoms with Crippen molar-refractivity contribution in [1.29, 1.82) is 0 Å². The number of carbonyl (C=O) groups is 1. The third-order valence-corrected chi connectivity index (χ3v) is 4.76. The largest absolute Gasteiger partial charge is 0.382 e. The van der Waals surface area contributed by atoms with Gasteiger partial charge in [-0.2, -0.15) is 5.10 Å². The fourth-order valence-corrected chi connectivity index (χ4v) is 3.07. The van der Waals surface area contributed by atoms with Gasteiger partial charge in [0.2, 0.25) is 5.91 Å². The van der Waals surface area contributed by atoms with Crippen LogP contribution < -0.4 is 5.73 Å². The lowest BCUT2D eigenvalue weighted by Crippen LogP contribution is -2.41. The number of aliphatic hydroxyl groups is 1. The van der Waals surface area contributed by atoms with Crippen LogP contribution in [0.1, 0.15) is 12.5 Å². The van der Waals surface area contributed by atoms with Crippen molar-refractivity contribution in [3.63, 3.8) is 0 Å². The first-order valence-electron chi connectivity index (χ1n) is 6.73. The van der Waals surface area contributed by atoms with E-state index in [0.29, 0.717) is 6.07 Å². The zero-order valence-electron chi connectivity index (χ0n) is 12.3. The smallest absolute Gasteiger partial charge is 0.227 e. The fraction of sp³-hybridized carbons (Fsp3) is 0.357. The van der Waals surface area contributed by atoms with Crippen molar-refractivity contribution in [2.24, 2.45) is 5.73 Å². The molecule has 2 unspecified atom stereocenters. The zero-order chi connectivity index (χ0) is 17.0. The Morgan fingerprint density at radius 3 is 2.83 bits per heavy atom. The second-order valence-electron chi connectivity index (χ2n) is 5.06. The molecule has 1 amide bonds. The van der Waals surface area contributed by atoms with Gasteiger partial charge in [-0.25, -0.2) is 18.4 Å². The van der Waals surface area contributed by atoms with E-state index in [0.717, 1.165) is 17.8 Å². The molecule has 9 heteroatoms. The standard InChI is InChI=1S/C14H16F2N4O2S/c1-9(23-5-13(17)21)14(22,6-20-8-18-7-19-20)11-3-2-10(15)4-12(11)16/h2-4,7-9,22H,5-6H2,1H3,(H2,17,21). The monoisotopic (exact) mass is 342 g/mol. The van der Waals surface area contributed by atoms with Gasteiger partial charge in [-0.3, -0.25) is 4.79 Å². The SMILES string of the molecule is CC(SCC(N)=O)C(O)(Cn1cncn1)c1ccc(F)cc1F. The van der Waals surface area contributed by atoms with E-state index in [1.165, 1.54) is 23.4 Å². The van der Waals surface area contributed by atoms with Crippen LogP contribution in [0.5, 0.6) is 0 Å². The van der Waals surface area contributed by atoms with Gasteiger partial charge >= 0.3 is 0 Å². The average Bonchev–Trinajstić information content (AvgIpc) is 2.97. The van der Waals surface area contributed by atoms with Gasteiger partial charge in [-0.05, 0) is 6.07 Å².